The number of methoxy groups -OCH3 is 1. The number of rotatable bonds is 6. The first-order chi connectivity index (χ1) is 15.6. The molecule has 4 rings (SSSR count). The van der Waals surface area contributed by atoms with Crippen LogP contribution in [0, 0.1) is 11.3 Å². The van der Waals surface area contributed by atoms with Crippen LogP contribution < -0.4 is 15.0 Å². The van der Waals surface area contributed by atoms with Gasteiger partial charge in [0.2, 0.25) is 0 Å². The maximum Gasteiger partial charge on any atom is 0.259 e. The number of nitriles is 1. The Hall–Kier alpha value is -4.08. The number of allylic oxidation sites excluding steroid dienone is 1. The monoisotopic (exact) mass is 443 g/mol. The summed E-state index contributed by atoms with van der Waals surface area (Å²) in [6, 6.07) is 22.1. The smallest absolute Gasteiger partial charge is 0.259 e. The van der Waals surface area contributed by atoms with Crippen LogP contribution in [0.25, 0.3) is 22.6 Å². The second kappa shape index (κ2) is 9.38. The number of hydrogen-bond donors (Lipinski definition) is 1. The highest BCUT2D eigenvalue weighted by Gasteiger charge is 2.11. The summed E-state index contributed by atoms with van der Waals surface area (Å²) in [6.45, 7) is 0.405. The molecule has 0 fully saturated rings. The van der Waals surface area contributed by atoms with Crippen LogP contribution in [0.2, 0.25) is 5.02 Å². The van der Waals surface area contributed by atoms with E-state index in [9.17, 15) is 10.1 Å². The molecule has 0 radical (unpaired) electrons. The average Bonchev–Trinajstić information content (AvgIpc) is 2.82. The van der Waals surface area contributed by atoms with E-state index in [-0.39, 0.29) is 17.0 Å². The summed E-state index contributed by atoms with van der Waals surface area (Å²) in [4.78, 5) is 19.5. The third-order valence-electron chi connectivity index (χ3n) is 4.78. The van der Waals surface area contributed by atoms with E-state index < -0.39 is 0 Å². The summed E-state index contributed by atoms with van der Waals surface area (Å²) in [5.41, 5.74) is 2.04. The second-order valence-corrected chi connectivity index (χ2v) is 7.37. The van der Waals surface area contributed by atoms with Gasteiger partial charge < -0.3 is 14.5 Å². The average molecular weight is 444 g/mol. The van der Waals surface area contributed by atoms with Crippen LogP contribution in [-0.4, -0.2) is 17.1 Å². The molecule has 6 nitrogen and oxygen atoms in total. The van der Waals surface area contributed by atoms with Crippen LogP contribution >= 0.6 is 11.6 Å². The summed E-state index contributed by atoms with van der Waals surface area (Å²) < 4.78 is 11.3. The Morgan fingerprint density at radius 1 is 1.12 bits per heavy atom. The van der Waals surface area contributed by atoms with Crippen molar-refractivity contribution in [2.24, 2.45) is 0 Å². The number of nitrogens with zero attached hydrogens (tertiary/aromatic N) is 2. The zero-order valence-corrected chi connectivity index (χ0v) is 17.9. The van der Waals surface area contributed by atoms with E-state index in [0.717, 1.165) is 5.56 Å². The minimum atomic E-state index is -0.365. The van der Waals surface area contributed by atoms with Crippen LogP contribution in [0.3, 0.4) is 0 Å². The molecular weight excluding hydrogens is 426 g/mol. The Kier molecular flexibility index (Phi) is 6.20. The van der Waals surface area contributed by atoms with Gasteiger partial charge in [0, 0.05) is 5.02 Å². The van der Waals surface area contributed by atoms with Gasteiger partial charge in [-0.25, -0.2) is 4.98 Å². The van der Waals surface area contributed by atoms with Crippen LogP contribution in [-0.2, 0) is 6.61 Å². The van der Waals surface area contributed by atoms with E-state index in [1.165, 1.54) is 0 Å². The number of halogens is 1. The van der Waals surface area contributed by atoms with Crippen molar-refractivity contribution in [3.05, 3.63) is 99.1 Å². The molecular formula is C25H18ClN3O3. The molecule has 1 N–H and O–H groups in total. The molecule has 1 aromatic heterocycles. The molecule has 0 aliphatic carbocycles. The van der Waals surface area contributed by atoms with E-state index in [2.05, 4.69) is 16.0 Å². The molecule has 0 amide bonds. The molecule has 7 heteroatoms. The van der Waals surface area contributed by atoms with Gasteiger partial charge >= 0.3 is 0 Å². The fourth-order valence-corrected chi connectivity index (χ4v) is 3.36. The van der Waals surface area contributed by atoms with Crippen molar-refractivity contribution in [3.63, 3.8) is 0 Å². The Morgan fingerprint density at radius 3 is 2.69 bits per heavy atom. The Morgan fingerprint density at radius 2 is 1.94 bits per heavy atom. The first-order valence-corrected chi connectivity index (χ1v) is 10.1. The van der Waals surface area contributed by atoms with Gasteiger partial charge in [-0.15, -0.1) is 0 Å². The van der Waals surface area contributed by atoms with Crippen molar-refractivity contribution >= 4 is 34.2 Å². The molecule has 0 aliphatic heterocycles. The first-order valence-electron chi connectivity index (χ1n) is 9.74. The van der Waals surface area contributed by atoms with Crippen molar-refractivity contribution in [3.8, 4) is 17.6 Å². The van der Waals surface area contributed by atoms with E-state index >= 15 is 0 Å². The largest absolute Gasteiger partial charge is 0.493 e. The molecule has 158 valence electrons. The molecule has 0 aliphatic rings. The molecule has 0 bridgehead atoms. The van der Waals surface area contributed by atoms with Crippen molar-refractivity contribution in [2.75, 3.05) is 7.11 Å². The van der Waals surface area contributed by atoms with Gasteiger partial charge in [0.1, 0.15) is 12.7 Å². The molecule has 0 atom stereocenters. The van der Waals surface area contributed by atoms with E-state index in [0.29, 0.717) is 39.6 Å². The van der Waals surface area contributed by atoms with Crippen molar-refractivity contribution < 1.29 is 9.47 Å². The van der Waals surface area contributed by atoms with Gasteiger partial charge in [-0.3, -0.25) is 4.79 Å². The molecule has 0 saturated heterocycles. The molecule has 0 spiro atoms. The van der Waals surface area contributed by atoms with Gasteiger partial charge in [0.15, 0.2) is 17.3 Å². The Labute approximate surface area is 189 Å². The fraction of sp³-hybridized carbons (Fsp3) is 0.0800. The maximum atomic E-state index is 12.4. The summed E-state index contributed by atoms with van der Waals surface area (Å²) in [5.74, 6) is 1.29. The van der Waals surface area contributed by atoms with Crippen LogP contribution in [0.15, 0.2) is 71.5 Å². The zero-order chi connectivity index (χ0) is 22.5. The highest BCUT2D eigenvalue weighted by atomic mass is 35.5. The molecule has 32 heavy (non-hydrogen) atoms. The Balaban J connectivity index is 1.64. The standard InChI is InChI=1S/C25H18ClN3O3/c1-31-23-12-17(7-10-22(23)32-15-16-5-3-2-4-6-16)11-18(14-27)24-28-21-9-8-19(26)13-20(21)25(30)29-24/h2-13H,15H2,1H3,(H,28,29,30)/b18-11-. The summed E-state index contributed by atoms with van der Waals surface area (Å²) in [5, 5.41) is 10.5. The number of aromatic nitrogens is 2. The van der Waals surface area contributed by atoms with E-state index in [4.69, 9.17) is 21.1 Å². The topological polar surface area (TPSA) is 88.0 Å². The number of ether oxygens (including phenoxy) is 2. The molecule has 1 heterocycles. The zero-order valence-electron chi connectivity index (χ0n) is 17.1. The molecule has 0 saturated carbocycles. The number of H-pyrrole nitrogens is 1. The minimum absolute atomic E-state index is 0.177. The van der Waals surface area contributed by atoms with Crippen LogP contribution in [0.5, 0.6) is 11.5 Å². The molecule has 0 unspecified atom stereocenters. The normalized spacial score (nSPS) is 11.2. The Bertz CT molecular complexity index is 1410. The highest BCUT2D eigenvalue weighted by Crippen LogP contribution is 2.30. The predicted octanol–water partition coefficient (Wildman–Crippen LogP) is 5.23. The predicted molar refractivity (Wildman–Crippen MR) is 125 cm³/mol. The van der Waals surface area contributed by atoms with Gasteiger partial charge in [0.25, 0.3) is 5.56 Å². The van der Waals surface area contributed by atoms with Gasteiger partial charge in [-0.1, -0.05) is 48.0 Å². The number of aromatic amines is 1. The SMILES string of the molecule is COc1cc(/C=C(/C#N)c2nc3ccc(Cl)cc3c(=O)[nH]2)ccc1OCc1ccccc1. The van der Waals surface area contributed by atoms with Crippen molar-refractivity contribution in [2.45, 2.75) is 6.61 Å². The van der Waals surface area contributed by atoms with E-state index in [1.54, 1.807) is 49.6 Å². The maximum absolute atomic E-state index is 12.4. The minimum Gasteiger partial charge on any atom is -0.493 e. The third kappa shape index (κ3) is 4.64. The second-order valence-electron chi connectivity index (χ2n) is 6.93. The van der Waals surface area contributed by atoms with E-state index in [1.807, 2.05) is 30.3 Å². The molecule has 4 aromatic rings. The van der Waals surface area contributed by atoms with Crippen molar-refractivity contribution in [1.29, 1.82) is 5.26 Å². The van der Waals surface area contributed by atoms with Crippen LogP contribution in [0.1, 0.15) is 17.0 Å². The lowest BCUT2D eigenvalue weighted by atomic mass is 10.1. The number of hydrogen-bond acceptors (Lipinski definition) is 5. The lowest BCUT2D eigenvalue weighted by Gasteiger charge is -2.11. The summed E-state index contributed by atoms with van der Waals surface area (Å²) in [7, 11) is 1.55. The van der Waals surface area contributed by atoms with Gasteiger partial charge in [-0.2, -0.15) is 5.26 Å². The van der Waals surface area contributed by atoms with Gasteiger partial charge in [-0.05, 0) is 47.5 Å². The molecule has 3 aromatic carbocycles. The van der Waals surface area contributed by atoms with Crippen LogP contribution in [0.4, 0.5) is 0 Å². The quantitative estimate of drug-likeness (QED) is 0.412. The van der Waals surface area contributed by atoms with Gasteiger partial charge in [0.05, 0.1) is 23.6 Å². The third-order valence-corrected chi connectivity index (χ3v) is 5.01. The highest BCUT2D eigenvalue weighted by molar-refractivity contribution is 6.31. The number of fused-ring (bicyclic) bond motifs is 1. The van der Waals surface area contributed by atoms with Crippen molar-refractivity contribution in [1.82, 2.24) is 9.97 Å². The number of benzene rings is 3. The lowest BCUT2D eigenvalue weighted by molar-refractivity contribution is 0.284. The fourth-order valence-electron chi connectivity index (χ4n) is 3.19. The summed E-state index contributed by atoms with van der Waals surface area (Å²) >= 11 is 5.96. The lowest BCUT2D eigenvalue weighted by Crippen LogP contribution is -2.11. The first kappa shape index (κ1) is 21.2. The summed E-state index contributed by atoms with van der Waals surface area (Å²) in [6.07, 6.45) is 1.63. The number of nitrogens with one attached hydrogen (secondary N) is 1.